The topological polar surface area (TPSA) is 37.3 Å². The number of benzene rings is 1. The first-order valence-corrected chi connectivity index (χ1v) is 5.80. The monoisotopic (exact) mass is 318 g/mol. The number of carbonyl (C=O) groups is 1. The number of aliphatic hydroxyl groups excluding tert-OH is 1. The minimum atomic E-state index is -0.393. The summed E-state index contributed by atoms with van der Waals surface area (Å²) in [6.45, 7) is 1.86. The van der Waals surface area contributed by atoms with Crippen LogP contribution in [0.1, 0.15) is 33.2 Å². The van der Waals surface area contributed by atoms with E-state index in [2.05, 4.69) is 31.9 Å². The molecule has 0 bridgehead atoms. The van der Waals surface area contributed by atoms with E-state index in [4.69, 9.17) is 0 Å². The molecule has 2 nitrogen and oxygen atoms in total. The second kappa shape index (κ2) is 3.43. The van der Waals surface area contributed by atoms with E-state index in [-0.39, 0.29) is 0 Å². The second-order valence-corrected chi connectivity index (χ2v) is 4.98. The van der Waals surface area contributed by atoms with E-state index in [1.54, 1.807) is 0 Å². The number of fused-ring (bicyclic) bond motifs is 1. The summed E-state index contributed by atoms with van der Waals surface area (Å²) < 4.78 is 1.69. The van der Waals surface area contributed by atoms with Crippen LogP contribution in [0.5, 0.6) is 0 Å². The van der Waals surface area contributed by atoms with E-state index in [9.17, 15) is 9.90 Å². The molecule has 0 saturated carbocycles. The third-order valence-corrected chi connectivity index (χ3v) is 4.57. The lowest BCUT2D eigenvalue weighted by molar-refractivity contribution is 0.112. The van der Waals surface area contributed by atoms with Gasteiger partial charge in [-0.15, -0.1) is 0 Å². The standard InChI is InChI=1S/C10H8Br2O2/c1-4-6(3-13)10(12)5-2-7(14)8(5)9(4)11/h3,7,14H,2H2,1H3. The maximum Gasteiger partial charge on any atom is 0.151 e. The molecule has 1 unspecified atom stereocenters. The van der Waals surface area contributed by atoms with E-state index in [0.29, 0.717) is 12.0 Å². The average molecular weight is 320 g/mol. The van der Waals surface area contributed by atoms with Crippen molar-refractivity contribution < 1.29 is 9.90 Å². The number of halogens is 2. The Morgan fingerprint density at radius 2 is 2.07 bits per heavy atom. The van der Waals surface area contributed by atoms with Crippen molar-refractivity contribution in [3.63, 3.8) is 0 Å². The molecule has 1 aliphatic rings. The minimum absolute atomic E-state index is 0.393. The maximum absolute atomic E-state index is 10.9. The molecule has 4 heteroatoms. The number of aldehydes is 1. The zero-order chi connectivity index (χ0) is 10.5. The lowest BCUT2D eigenvalue weighted by atomic mass is 9.83. The van der Waals surface area contributed by atoms with Gasteiger partial charge in [-0.05, 0) is 39.5 Å². The lowest BCUT2D eigenvalue weighted by Crippen LogP contribution is -2.20. The van der Waals surface area contributed by atoms with Gasteiger partial charge in [-0.1, -0.05) is 15.9 Å². The highest BCUT2D eigenvalue weighted by molar-refractivity contribution is 9.11. The molecule has 0 radical (unpaired) electrons. The van der Waals surface area contributed by atoms with Crippen molar-refractivity contribution >= 4 is 38.1 Å². The van der Waals surface area contributed by atoms with Gasteiger partial charge in [0.15, 0.2) is 6.29 Å². The molecule has 0 saturated heterocycles. The van der Waals surface area contributed by atoms with Crippen LogP contribution in [0, 0.1) is 6.92 Å². The minimum Gasteiger partial charge on any atom is -0.388 e. The second-order valence-electron chi connectivity index (χ2n) is 3.40. The van der Waals surface area contributed by atoms with Crippen molar-refractivity contribution in [1.29, 1.82) is 0 Å². The zero-order valence-electron chi connectivity index (χ0n) is 7.47. The molecular weight excluding hydrogens is 312 g/mol. The largest absolute Gasteiger partial charge is 0.388 e. The van der Waals surface area contributed by atoms with Gasteiger partial charge in [0.2, 0.25) is 0 Å². The summed E-state index contributed by atoms with van der Waals surface area (Å²) in [6, 6.07) is 0. The van der Waals surface area contributed by atoms with Gasteiger partial charge < -0.3 is 5.11 Å². The molecule has 1 atom stereocenters. The van der Waals surface area contributed by atoms with Crippen LogP contribution >= 0.6 is 31.9 Å². The fourth-order valence-corrected chi connectivity index (χ4v) is 3.23. The molecule has 2 rings (SSSR count). The van der Waals surface area contributed by atoms with Crippen molar-refractivity contribution in [1.82, 2.24) is 0 Å². The fourth-order valence-electron chi connectivity index (χ4n) is 1.75. The Balaban J connectivity index is 2.77. The first-order valence-electron chi connectivity index (χ1n) is 4.21. The highest BCUT2D eigenvalue weighted by Crippen LogP contribution is 2.45. The molecule has 0 aromatic heterocycles. The van der Waals surface area contributed by atoms with Crippen LogP contribution in [0.25, 0.3) is 0 Å². The van der Waals surface area contributed by atoms with Crippen molar-refractivity contribution in [2.24, 2.45) is 0 Å². The molecule has 1 aromatic rings. The van der Waals surface area contributed by atoms with Crippen LogP contribution in [-0.4, -0.2) is 11.4 Å². The van der Waals surface area contributed by atoms with Gasteiger partial charge in [-0.25, -0.2) is 0 Å². The van der Waals surface area contributed by atoms with Crippen LogP contribution < -0.4 is 0 Å². The first-order chi connectivity index (χ1) is 6.57. The SMILES string of the molecule is Cc1c(Br)c2c(c(Br)c1C=O)CC2O. The van der Waals surface area contributed by atoms with Crippen LogP contribution in [0.4, 0.5) is 0 Å². The highest BCUT2D eigenvalue weighted by atomic mass is 79.9. The van der Waals surface area contributed by atoms with Gasteiger partial charge in [0, 0.05) is 20.9 Å². The van der Waals surface area contributed by atoms with Crippen LogP contribution in [0.2, 0.25) is 0 Å². The van der Waals surface area contributed by atoms with E-state index < -0.39 is 6.10 Å². The summed E-state index contributed by atoms with van der Waals surface area (Å²) in [5.74, 6) is 0. The van der Waals surface area contributed by atoms with Gasteiger partial charge in [0.25, 0.3) is 0 Å². The molecule has 0 heterocycles. The Morgan fingerprint density at radius 1 is 1.43 bits per heavy atom. The van der Waals surface area contributed by atoms with Crippen molar-refractivity contribution in [3.8, 4) is 0 Å². The van der Waals surface area contributed by atoms with E-state index in [1.807, 2.05) is 6.92 Å². The number of rotatable bonds is 1. The highest BCUT2D eigenvalue weighted by Gasteiger charge is 2.31. The van der Waals surface area contributed by atoms with Crippen molar-refractivity contribution in [2.45, 2.75) is 19.4 Å². The van der Waals surface area contributed by atoms with Crippen LogP contribution in [0.15, 0.2) is 8.95 Å². The zero-order valence-corrected chi connectivity index (χ0v) is 10.6. The van der Waals surface area contributed by atoms with Crippen molar-refractivity contribution in [3.05, 3.63) is 31.2 Å². The maximum atomic E-state index is 10.9. The Labute approximate surface area is 98.6 Å². The smallest absolute Gasteiger partial charge is 0.151 e. The van der Waals surface area contributed by atoms with E-state index >= 15 is 0 Å². The predicted molar refractivity (Wildman–Crippen MR) is 60.6 cm³/mol. The molecule has 0 fully saturated rings. The quantitative estimate of drug-likeness (QED) is 0.808. The Morgan fingerprint density at radius 3 is 2.57 bits per heavy atom. The third-order valence-electron chi connectivity index (χ3n) is 2.64. The molecular formula is C10H8Br2O2. The molecule has 14 heavy (non-hydrogen) atoms. The normalized spacial score (nSPS) is 18.7. The van der Waals surface area contributed by atoms with Crippen molar-refractivity contribution in [2.75, 3.05) is 0 Å². The lowest BCUT2D eigenvalue weighted by Gasteiger charge is -2.30. The van der Waals surface area contributed by atoms with Gasteiger partial charge in [-0.3, -0.25) is 4.79 Å². The molecule has 74 valence electrons. The average Bonchev–Trinajstić information content (AvgIpc) is 2.12. The molecule has 1 N–H and O–H groups in total. The van der Waals surface area contributed by atoms with E-state index in [1.165, 1.54) is 0 Å². The Kier molecular flexibility index (Phi) is 2.53. The summed E-state index contributed by atoms with van der Waals surface area (Å²) in [6.07, 6.45) is 1.07. The van der Waals surface area contributed by atoms with Gasteiger partial charge in [-0.2, -0.15) is 0 Å². The van der Waals surface area contributed by atoms with Crippen LogP contribution in [-0.2, 0) is 6.42 Å². The number of hydrogen-bond donors (Lipinski definition) is 1. The molecule has 0 amide bonds. The van der Waals surface area contributed by atoms with Gasteiger partial charge >= 0.3 is 0 Å². The summed E-state index contributed by atoms with van der Waals surface area (Å²) >= 11 is 6.80. The number of carbonyl (C=O) groups excluding carboxylic acids is 1. The number of aliphatic hydroxyl groups is 1. The Bertz CT molecular complexity index is 404. The molecule has 1 aromatic carbocycles. The van der Waals surface area contributed by atoms with Gasteiger partial charge in [0.05, 0.1) is 6.10 Å². The molecule has 0 spiro atoms. The summed E-state index contributed by atoms with van der Waals surface area (Å²) in [4.78, 5) is 10.9. The molecule has 0 aliphatic heterocycles. The first kappa shape index (κ1) is 10.3. The van der Waals surface area contributed by atoms with Crippen LogP contribution in [0.3, 0.4) is 0 Å². The predicted octanol–water partition coefficient (Wildman–Crippen LogP) is 2.92. The fraction of sp³-hybridized carbons (Fsp3) is 0.300. The van der Waals surface area contributed by atoms with E-state index in [0.717, 1.165) is 31.9 Å². The Hall–Kier alpha value is -0.190. The number of hydrogen-bond acceptors (Lipinski definition) is 2. The van der Waals surface area contributed by atoms with Gasteiger partial charge in [0.1, 0.15) is 0 Å². The third kappa shape index (κ3) is 1.21. The molecule has 1 aliphatic carbocycles. The summed E-state index contributed by atoms with van der Waals surface area (Å²) in [5, 5.41) is 9.55. The summed E-state index contributed by atoms with van der Waals surface area (Å²) in [7, 11) is 0. The summed E-state index contributed by atoms with van der Waals surface area (Å²) in [5.41, 5.74) is 3.50.